The van der Waals surface area contributed by atoms with E-state index < -0.39 is 10.8 Å². The van der Waals surface area contributed by atoms with Gasteiger partial charge in [0.25, 0.3) is 0 Å². The van der Waals surface area contributed by atoms with Crippen molar-refractivity contribution in [2.45, 2.75) is 13.0 Å². The summed E-state index contributed by atoms with van der Waals surface area (Å²) in [7, 11) is 0.726. The number of hydrogen-bond acceptors (Lipinski definition) is 4. The van der Waals surface area contributed by atoms with Crippen molar-refractivity contribution in [1.82, 2.24) is 14.5 Å². The van der Waals surface area contributed by atoms with Gasteiger partial charge in [0.15, 0.2) is 5.65 Å². The summed E-state index contributed by atoms with van der Waals surface area (Å²) in [5.41, 5.74) is 1.56. The van der Waals surface area contributed by atoms with Crippen LogP contribution in [0.25, 0.3) is 11.2 Å². The Labute approximate surface area is 119 Å². The molecule has 2 aromatic rings. The topological polar surface area (TPSA) is 57.0 Å². The van der Waals surface area contributed by atoms with Crippen LogP contribution in [0.3, 0.4) is 0 Å². The van der Waals surface area contributed by atoms with Crippen molar-refractivity contribution in [1.29, 1.82) is 0 Å². The van der Waals surface area contributed by atoms with Crippen molar-refractivity contribution in [3.63, 3.8) is 0 Å². The second kappa shape index (κ2) is 6.34. The molecule has 0 aliphatic heterocycles. The van der Waals surface area contributed by atoms with E-state index in [2.05, 4.69) is 9.97 Å². The zero-order valence-electron chi connectivity index (χ0n) is 10.9. The minimum atomic E-state index is -0.853. The van der Waals surface area contributed by atoms with Gasteiger partial charge in [0.2, 0.25) is 5.88 Å². The van der Waals surface area contributed by atoms with E-state index in [1.807, 2.05) is 10.6 Å². The van der Waals surface area contributed by atoms with Crippen LogP contribution in [0.2, 0.25) is 0 Å². The van der Waals surface area contributed by atoms with Gasteiger partial charge >= 0.3 is 0 Å². The molecule has 19 heavy (non-hydrogen) atoms. The maximum absolute atomic E-state index is 11.3. The summed E-state index contributed by atoms with van der Waals surface area (Å²) in [5, 5.41) is 0. The highest BCUT2D eigenvalue weighted by molar-refractivity contribution is 7.84. The first-order valence-corrected chi connectivity index (χ1v) is 8.18. The van der Waals surface area contributed by atoms with Crippen LogP contribution in [0.5, 0.6) is 5.88 Å². The van der Waals surface area contributed by atoms with Crippen molar-refractivity contribution < 1.29 is 8.95 Å². The summed E-state index contributed by atoms with van der Waals surface area (Å²) in [5.74, 6) is 2.48. The van der Waals surface area contributed by atoms with Crippen LogP contribution in [0.1, 0.15) is 5.82 Å². The summed E-state index contributed by atoms with van der Waals surface area (Å²) >= 11 is 5.80. The molecule has 0 saturated carbocycles. The first-order valence-electron chi connectivity index (χ1n) is 5.92. The maximum atomic E-state index is 11.3. The lowest BCUT2D eigenvalue weighted by atomic mass is 10.4. The van der Waals surface area contributed by atoms with Crippen molar-refractivity contribution in [2.24, 2.45) is 0 Å². The average molecular weight is 302 g/mol. The maximum Gasteiger partial charge on any atom is 0.215 e. The standard InChI is InChI=1S/C12H16ClN3O2S/c1-18-11-4-3-9-12(15-11)16(7-8-19(2)17)10(14-9)5-6-13/h3-4H,5-8H2,1-2H3. The molecule has 7 heteroatoms. The Morgan fingerprint density at radius 2 is 2.21 bits per heavy atom. The molecule has 2 aromatic heterocycles. The van der Waals surface area contributed by atoms with E-state index in [-0.39, 0.29) is 0 Å². The highest BCUT2D eigenvalue weighted by Crippen LogP contribution is 2.18. The second-order valence-electron chi connectivity index (χ2n) is 4.09. The number of imidazole rings is 1. The third kappa shape index (κ3) is 3.25. The molecule has 2 heterocycles. The number of aromatic nitrogens is 3. The Balaban J connectivity index is 2.46. The summed E-state index contributed by atoms with van der Waals surface area (Å²) in [6.07, 6.45) is 2.35. The first kappa shape index (κ1) is 14.3. The largest absolute Gasteiger partial charge is 0.481 e. The molecule has 0 aliphatic carbocycles. The molecule has 0 saturated heterocycles. The van der Waals surface area contributed by atoms with Gasteiger partial charge in [-0.25, -0.2) is 4.98 Å². The number of aryl methyl sites for hydroxylation is 2. The van der Waals surface area contributed by atoms with E-state index in [1.54, 1.807) is 19.4 Å². The Morgan fingerprint density at radius 3 is 2.84 bits per heavy atom. The third-order valence-corrected chi connectivity index (χ3v) is 3.72. The Bertz CT molecular complexity index is 600. The highest BCUT2D eigenvalue weighted by Gasteiger charge is 2.12. The lowest BCUT2D eigenvalue weighted by Gasteiger charge is -2.07. The van der Waals surface area contributed by atoms with E-state index in [0.29, 0.717) is 30.5 Å². The second-order valence-corrected chi connectivity index (χ2v) is 6.02. The minimum Gasteiger partial charge on any atom is -0.481 e. The van der Waals surface area contributed by atoms with Gasteiger partial charge in [0, 0.05) is 47.7 Å². The number of hydrogen-bond donors (Lipinski definition) is 0. The molecular weight excluding hydrogens is 286 g/mol. The number of nitrogens with zero attached hydrogens (tertiary/aromatic N) is 3. The Kier molecular flexibility index (Phi) is 4.76. The molecule has 0 amide bonds. The molecule has 0 bridgehead atoms. The normalized spacial score (nSPS) is 12.8. The van der Waals surface area contributed by atoms with Gasteiger partial charge in [0.1, 0.15) is 11.3 Å². The molecule has 1 atom stereocenters. The van der Waals surface area contributed by atoms with Crippen molar-refractivity contribution in [2.75, 3.05) is 25.0 Å². The highest BCUT2D eigenvalue weighted by atomic mass is 35.5. The summed E-state index contributed by atoms with van der Waals surface area (Å²) in [6, 6.07) is 3.65. The molecule has 0 spiro atoms. The quantitative estimate of drug-likeness (QED) is 0.761. The van der Waals surface area contributed by atoms with Gasteiger partial charge in [-0.3, -0.25) is 4.21 Å². The molecule has 2 rings (SSSR count). The molecule has 0 fully saturated rings. The number of alkyl halides is 1. The summed E-state index contributed by atoms with van der Waals surface area (Å²) < 4.78 is 18.4. The Hall–Kier alpha value is -1.14. The van der Waals surface area contributed by atoms with E-state index in [4.69, 9.17) is 16.3 Å². The summed E-state index contributed by atoms with van der Waals surface area (Å²) in [4.78, 5) is 8.93. The molecular formula is C12H16ClN3O2S. The van der Waals surface area contributed by atoms with Gasteiger partial charge in [-0.15, -0.1) is 11.6 Å². The van der Waals surface area contributed by atoms with Gasteiger partial charge < -0.3 is 9.30 Å². The van der Waals surface area contributed by atoms with Crippen LogP contribution < -0.4 is 4.74 Å². The SMILES string of the molecule is COc1ccc2nc(CCCl)n(CCS(C)=O)c2n1. The average Bonchev–Trinajstić information content (AvgIpc) is 2.73. The van der Waals surface area contributed by atoms with E-state index in [0.717, 1.165) is 17.0 Å². The van der Waals surface area contributed by atoms with E-state index >= 15 is 0 Å². The minimum absolute atomic E-state index is 0.496. The lowest BCUT2D eigenvalue weighted by molar-refractivity contribution is 0.399. The van der Waals surface area contributed by atoms with Gasteiger partial charge in [0.05, 0.1) is 7.11 Å². The molecule has 0 N–H and O–H groups in total. The van der Waals surface area contributed by atoms with Crippen molar-refractivity contribution in [3.8, 4) is 5.88 Å². The molecule has 1 unspecified atom stereocenters. The Morgan fingerprint density at radius 1 is 1.42 bits per heavy atom. The molecule has 0 radical (unpaired) electrons. The van der Waals surface area contributed by atoms with Crippen LogP contribution in [-0.2, 0) is 23.8 Å². The van der Waals surface area contributed by atoms with Gasteiger partial charge in [-0.2, -0.15) is 4.98 Å². The molecule has 5 nitrogen and oxygen atoms in total. The molecule has 0 aromatic carbocycles. The van der Waals surface area contributed by atoms with Crippen LogP contribution in [-0.4, -0.2) is 43.7 Å². The predicted molar refractivity (Wildman–Crippen MR) is 77.4 cm³/mol. The van der Waals surface area contributed by atoms with Gasteiger partial charge in [-0.05, 0) is 6.07 Å². The number of pyridine rings is 1. The number of ether oxygens (including phenoxy) is 1. The monoisotopic (exact) mass is 301 g/mol. The third-order valence-electron chi connectivity index (χ3n) is 2.78. The zero-order chi connectivity index (χ0) is 13.8. The van der Waals surface area contributed by atoms with Crippen molar-refractivity contribution >= 4 is 33.6 Å². The lowest BCUT2D eigenvalue weighted by Crippen LogP contribution is -2.11. The van der Waals surface area contributed by atoms with Crippen LogP contribution in [0, 0.1) is 0 Å². The van der Waals surface area contributed by atoms with E-state index in [1.165, 1.54) is 0 Å². The smallest absolute Gasteiger partial charge is 0.215 e. The van der Waals surface area contributed by atoms with Gasteiger partial charge in [-0.1, -0.05) is 0 Å². The van der Waals surface area contributed by atoms with Crippen LogP contribution in [0.15, 0.2) is 12.1 Å². The molecule has 0 aliphatic rings. The predicted octanol–water partition coefficient (Wildman–Crippen LogP) is 1.60. The fourth-order valence-corrected chi connectivity index (χ4v) is 2.48. The first-order chi connectivity index (χ1) is 9.15. The van der Waals surface area contributed by atoms with Crippen molar-refractivity contribution in [3.05, 3.63) is 18.0 Å². The fourth-order valence-electron chi connectivity index (χ4n) is 1.88. The van der Waals surface area contributed by atoms with E-state index in [9.17, 15) is 4.21 Å². The number of rotatable bonds is 6. The molecule has 104 valence electrons. The number of methoxy groups -OCH3 is 1. The summed E-state index contributed by atoms with van der Waals surface area (Å²) in [6.45, 7) is 0.617. The number of halogens is 1. The fraction of sp³-hybridized carbons (Fsp3) is 0.500. The van der Waals surface area contributed by atoms with Crippen LogP contribution >= 0.6 is 11.6 Å². The number of fused-ring (bicyclic) bond motifs is 1. The van der Waals surface area contributed by atoms with Crippen LogP contribution in [0.4, 0.5) is 0 Å². The zero-order valence-corrected chi connectivity index (χ0v) is 12.5.